The molecule has 43 heavy (non-hydrogen) atoms. The van der Waals surface area contributed by atoms with Gasteiger partial charge in [-0.3, -0.25) is 0 Å². The van der Waals surface area contributed by atoms with Crippen LogP contribution in [-0.2, 0) is 0 Å². The van der Waals surface area contributed by atoms with Gasteiger partial charge in [0, 0.05) is 11.1 Å². The van der Waals surface area contributed by atoms with Crippen molar-refractivity contribution in [3.8, 4) is 67.3 Å². The number of aromatic nitrogens is 3. The van der Waals surface area contributed by atoms with Gasteiger partial charge in [0.25, 0.3) is 0 Å². The molecule has 0 aliphatic carbocycles. The molecule has 1 heterocycles. The van der Waals surface area contributed by atoms with Crippen LogP contribution in [0.15, 0.2) is 158 Å². The zero-order valence-electron chi connectivity index (χ0n) is 23.2. The lowest BCUT2D eigenvalue weighted by molar-refractivity contribution is 1.07. The Morgan fingerprint density at radius 3 is 1.16 bits per heavy atom. The van der Waals surface area contributed by atoms with Crippen LogP contribution in [0.4, 0.5) is 0 Å². The minimum absolute atomic E-state index is 0.162. The lowest BCUT2D eigenvalue weighted by Crippen LogP contribution is -1.97. The van der Waals surface area contributed by atoms with Crippen molar-refractivity contribution in [2.75, 3.05) is 0 Å². The first-order chi connectivity index (χ1) is 21.2. The summed E-state index contributed by atoms with van der Waals surface area (Å²) in [5, 5.41) is 0.162. The number of hydrogen-bond donors (Lipinski definition) is 0. The number of hydrogen-bond acceptors (Lipinski definition) is 3. The molecular formula is C39H26ClN3. The molecule has 0 fully saturated rings. The molecule has 1 aromatic heterocycles. The van der Waals surface area contributed by atoms with Gasteiger partial charge in [0.1, 0.15) is 0 Å². The highest BCUT2D eigenvalue weighted by Gasteiger charge is 2.12. The molecule has 7 rings (SSSR count). The molecule has 0 amide bonds. The largest absolute Gasteiger partial charge is 0.226 e. The quantitative estimate of drug-likeness (QED) is 0.199. The first-order valence-corrected chi connectivity index (χ1v) is 14.5. The van der Waals surface area contributed by atoms with Gasteiger partial charge in [-0.2, -0.15) is 9.97 Å². The molecule has 0 N–H and O–H groups in total. The average molecular weight is 572 g/mol. The van der Waals surface area contributed by atoms with E-state index in [2.05, 4.69) is 113 Å². The Labute approximate surface area is 256 Å². The highest BCUT2D eigenvalue weighted by molar-refractivity contribution is 6.28. The summed E-state index contributed by atoms with van der Waals surface area (Å²) in [5.41, 5.74) is 10.9. The summed E-state index contributed by atoms with van der Waals surface area (Å²) in [6, 6.07) is 54.4. The second-order valence-electron chi connectivity index (χ2n) is 10.3. The van der Waals surface area contributed by atoms with Crippen molar-refractivity contribution in [2.24, 2.45) is 0 Å². The van der Waals surface area contributed by atoms with E-state index < -0.39 is 0 Å². The van der Waals surface area contributed by atoms with Crippen LogP contribution in [0.1, 0.15) is 0 Å². The van der Waals surface area contributed by atoms with Crippen LogP contribution in [0, 0.1) is 0 Å². The van der Waals surface area contributed by atoms with E-state index in [1.807, 2.05) is 54.6 Å². The van der Waals surface area contributed by atoms with Gasteiger partial charge in [0.05, 0.1) is 0 Å². The Bertz CT molecular complexity index is 1950. The Morgan fingerprint density at radius 1 is 0.279 bits per heavy atom. The minimum Gasteiger partial charge on any atom is -0.208 e. The van der Waals surface area contributed by atoms with Crippen molar-refractivity contribution in [3.63, 3.8) is 0 Å². The molecule has 0 aliphatic heterocycles. The van der Waals surface area contributed by atoms with E-state index in [1.165, 1.54) is 11.1 Å². The molecule has 0 atom stereocenters. The van der Waals surface area contributed by atoms with Gasteiger partial charge >= 0.3 is 0 Å². The van der Waals surface area contributed by atoms with Crippen molar-refractivity contribution in [1.82, 2.24) is 15.0 Å². The Morgan fingerprint density at radius 2 is 0.628 bits per heavy atom. The van der Waals surface area contributed by atoms with Crippen LogP contribution in [0.3, 0.4) is 0 Å². The molecule has 3 nitrogen and oxygen atoms in total. The van der Waals surface area contributed by atoms with Crippen molar-refractivity contribution in [2.45, 2.75) is 0 Å². The number of rotatable bonds is 6. The first kappa shape index (κ1) is 26.5. The summed E-state index contributed by atoms with van der Waals surface area (Å²) in [6.07, 6.45) is 0. The second-order valence-corrected chi connectivity index (χ2v) is 10.6. The molecule has 0 saturated carbocycles. The van der Waals surface area contributed by atoms with Crippen LogP contribution in [0.2, 0.25) is 5.28 Å². The predicted octanol–water partition coefficient (Wildman–Crippen LogP) is 10.5. The molecule has 0 spiro atoms. The van der Waals surface area contributed by atoms with E-state index >= 15 is 0 Å². The number of halogens is 1. The molecular weight excluding hydrogens is 546 g/mol. The van der Waals surface area contributed by atoms with E-state index in [9.17, 15) is 0 Å². The third kappa shape index (κ3) is 5.85. The SMILES string of the molecule is Clc1nc(-c2ccc(-c3ccccc3)cc2)nc(-c2cccc(-c3cc(-c4ccccc4)cc(-c4ccccc4)c3)c2)n1. The lowest BCUT2D eigenvalue weighted by Gasteiger charge is -2.12. The van der Waals surface area contributed by atoms with Crippen molar-refractivity contribution >= 4 is 11.6 Å². The summed E-state index contributed by atoms with van der Waals surface area (Å²) in [5.74, 6) is 1.07. The third-order valence-electron chi connectivity index (χ3n) is 7.46. The van der Waals surface area contributed by atoms with Crippen molar-refractivity contribution in [3.05, 3.63) is 163 Å². The van der Waals surface area contributed by atoms with Gasteiger partial charge in [-0.1, -0.05) is 133 Å². The summed E-state index contributed by atoms with van der Waals surface area (Å²) >= 11 is 6.45. The summed E-state index contributed by atoms with van der Waals surface area (Å²) in [7, 11) is 0. The standard InChI is InChI=1S/C39H26ClN3/c40-39-42-37(31-21-19-30(20-22-31)27-11-4-1-5-12-27)41-38(43-39)33-18-10-17-32(23-33)36-25-34(28-13-6-2-7-14-28)24-35(26-36)29-15-8-3-9-16-29/h1-26H. The smallest absolute Gasteiger partial charge is 0.208 e. The van der Waals surface area contributed by atoms with Crippen molar-refractivity contribution < 1.29 is 0 Å². The summed E-state index contributed by atoms with van der Waals surface area (Å²) in [6.45, 7) is 0. The molecule has 0 radical (unpaired) electrons. The summed E-state index contributed by atoms with van der Waals surface area (Å²) in [4.78, 5) is 13.8. The summed E-state index contributed by atoms with van der Waals surface area (Å²) < 4.78 is 0. The number of benzene rings is 6. The number of nitrogens with zero attached hydrogens (tertiary/aromatic N) is 3. The molecule has 0 unspecified atom stereocenters. The fraction of sp³-hybridized carbons (Fsp3) is 0. The monoisotopic (exact) mass is 571 g/mol. The van der Waals surface area contributed by atoms with Crippen LogP contribution in [0.5, 0.6) is 0 Å². The maximum atomic E-state index is 6.45. The Balaban J connectivity index is 1.27. The van der Waals surface area contributed by atoms with E-state index in [0.717, 1.165) is 44.5 Å². The molecule has 0 saturated heterocycles. The van der Waals surface area contributed by atoms with E-state index in [4.69, 9.17) is 16.6 Å². The third-order valence-corrected chi connectivity index (χ3v) is 7.63. The van der Waals surface area contributed by atoms with E-state index in [0.29, 0.717) is 11.6 Å². The Kier molecular flexibility index (Phi) is 7.31. The molecule has 4 heteroatoms. The normalized spacial score (nSPS) is 10.9. The van der Waals surface area contributed by atoms with Gasteiger partial charge in [-0.15, -0.1) is 0 Å². The molecule has 0 bridgehead atoms. The van der Waals surface area contributed by atoms with Gasteiger partial charge in [-0.25, -0.2) is 4.98 Å². The highest BCUT2D eigenvalue weighted by atomic mass is 35.5. The fourth-order valence-corrected chi connectivity index (χ4v) is 5.44. The Hall–Kier alpha value is -5.38. The zero-order chi connectivity index (χ0) is 29.0. The lowest BCUT2D eigenvalue weighted by atomic mass is 9.93. The van der Waals surface area contributed by atoms with Crippen molar-refractivity contribution in [1.29, 1.82) is 0 Å². The highest BCUT2D eigenvalue weighted by Crippen LogP contribution is 2.34. The second kappa shape index (κ2) is 11.8. The maximum Gasteiger partial charge on any atom is 0.226 e. The fourth-order valence-electron chi connectivity index (χ4n) is 5.28. The topological polar surface area (TPSA) is 38.7 Å². The molecule has 6 aromatic carbocycles. The van der Waals surface area contributed by atoms with Gasteiger partial charge < -0.3 is 0 Å². The molecule has 0 aliphatic rings. The zero-order valence-corrected chi connectivity index (χ0v) is 24.0. The predicted molar refractivity (Wildman–Crippen MR) is 177 cm³/mol. The van der Waals surface area contributed by atoms with Crippen LogP contribution < -0.4 is 0 Å². The van der Waals surface area contributed by atoms with Crippen LogP contribution >= 0.6 is 11.6 Å². The van der Waals surface area contributed by atoms with Gasteiger partial charge in [0.15, 0.2) is 11.6 Å². The minimum atomic E-state index is 0.162. The maximum absolute atomic E-state index is 6.45. The first-order valence-electron chi connectivity index (χ1n) is 14.1. The van der Waals surface area contributed by atoms with Gasteiger partial charge in [-0.05, 0) is 80.4 Å². The average Bonchev–Trinajstić information content (AvgIpc) is 3.09. The van der Waals surface area contributed by atoms with Gasteiger partial charge in [0.2, 0.25) is 5.28 Å². The van der Waals surface area contributed by atoms with Crippen LogP contribution in [-0.4, -0.2) is 15.0 Å². The van der Waals surface area contributed by atoms with E-state index in [1.54, 1.807) is 0 Å². The van der Waals surface area contributed by atoms with Crippen LogP contribution in [0.25, 0.3) is 67.3 Å². The molecule has 204 valence electrons. The molecule has 7 aromatic rings. The van der Waals surface area contributed by atoms with E-state index in [-0.39, 0.29) is 5.28 Å².